The maximum absolute atomic E-state index is 13.8. The molecule has 1 N–H and O–H groups in total. The minimum Gasteiger partial charge on any atom is -0.497 e. The van der Waals surface area contributed by atoms with Crippen LogP contribution in [0.25, 0.3) is 0 Å². The lowest BCUT2D eigenvalue weighted by Gasteiger charge is -2.38. The van der Waals surface area contributed by atoms with Crippen molar-refractivity contribution in [1.82, 2.24) is 10.2 Å². The first kappa shape index (κ1) is 21.7. The molecule has 0 aliphatic carbocycles. The Morgan fingerprint density at radius 2 is 1.77 bits per heavy atom. The fourth-order valence-corrected chi connectivity index (χ4v) is 3.56. The molecule has 2 aromatic rings. The summed E-state index contributed by atoms with van der Waals surface area (Å²) in [6.45, 7) is 2.84. The van der Waals surface area contributed by atoms with Gasteiger partial charge >= 0.3 is 0 Å². The molecule has 0 unspecified atom stereocenters. The van der Waals surface area contributed by atoms with E-state index in [2.05, 4.69) is 5.32 Å². The molecule has 0 aromatic heterocycles. The number of hydrogen-bond acceptors (Lipinski definition) is 3. The number of nitrogens with one attached hydrogen (secondary N) is 1. The zero-order chi connectivity index (χ0) is 21.7. The van der Waals surface area contributed by atoms with Gasteiger partial charge in [0, 0.05) is 36.7 Å². The largest absolute Gasteiger partial charge is 0.497 e. The summed E-state index contributed by atoms with van der Waals surface area (Å²) in [6, 6.07) is 10.7. The predicted octanol–water partition coefficient (Wildman–Crippen LogP) is 3.46. The van der Waals surface area contributed by atoms with Gasteiger partial charge in [-0.1, -0.05) is 25.1 Å². The van der Waals surface area contributed by atoms with Crippen LogP contribution in [0.15, 0.2) is 42.5 Å². The van der Waals surface area contributed by atoms with Gasteiger partial charge in [-0.05, 0) is 36.6 Å². The van der Waals surface area contributed by atoms with E-state index in [1.165, 1.54) is 12.1 Å². The minimum absolute atomic E-state index is 0.000646. The van der Waals surface area contributed by atoms with Crippen LogP contribution in [0.3, 0.4) is 0 Å². The summed E-state index contributed by atoms with van der Waals surface area (Å²) in [5.74, 6) is -0.753. The van der Waals surface area contributed by atoms with Gasteiger partial charge in [0.1, 0.15) is 17.4 Å². The summed E-state index contributed by atoms with van der Waals surface area (Å²) in [4.78, 5) is 27.1. The first-order valence-electron chi connectivity index (χ1n) is 9.94. The van der Waals surface area contributed by atoms with Crippen LogP contribution in [0.4, 0.5) is 8.78 Å². The Labute approximate surface area is 175 Å². The van der Waals surface area contributed by atoms with E-state index in [0.29, 0.717) is 32.4 Å². The van der Waals surface area contributed by atoms with Crippen molar-refractivity contribution in [2.75, 3.05) is 20.2 Å². The van der Waals surface area contributed by atoms with Crippen LogP contribution in [0.2, 0.25) is 0 Å². The predicted molar refractivity (Wildman–Crippen MR) is 109 cm³/mol. The van der Waals surface area contributed by atoms with Crippen LogP contribution in [-0.4, -0.2) is 36.9 Å². The number of hydrogen-bond donors (Lipinski definition) is 1. The number of ether oxygens (including phenoxy) is 1. The van der Waals surface area contributed by atoms with Gasteiger partial charge in [0.05, 0.1) is 13.5 Å². The second kappa shape index (κ2) is 9.24. The molecule has 0 atom stereocenters. The number of carbonyl (C=O) groups excluding carboxylic acids is 2. The lowest BCUT2D eigenvalue weighted by molar-refractivity contribution is -0.139. The molecule has 1 fully saturated rings. The Bertz CT molecular complexity index is 907. The highest BCUT2D eigenvalue weighted by atomic mass is 19.1. The average Bonchev–Trinajstić information content (AvgIpc) is 2.74. The molecule has 0 spiro atoms. The first-order valence-corrected chi connectivity index (χ1v) is 9.94. The van der Waals surface area contributed by atoms with E-state index in [4.69, 9.17) is 4.74 Å². The third kappa shape index (κ3) is 5.14. The number of benzene rings is 2. The third-order valence-electron chi connectivity index (χ3n) is 5.74. The number of likely N-dealkylation sites (tertiary alicyclic amines) is 1. The van der Waals surface area contributed by atoms with Gasteiger partial charge in [0.2, 0.25) is 11.8 Å². The van der Waals surface area contributed by atoms with Gasteiger partial charge < -0.3 is 15.0 Å². The van der Waals surface area contributed by atoms with E-state index in [-0.39, 0.29) is 23.9 Å². The number of methoxy groups -OCH3 is 1. The van der Waals surface area contributed by atoms with E-state index in [9.17, 15) is 18.4 Å². The number of halogens is 2. The first-order chi connectivity index (χ1) is 14.3. The molecule has 0 saturated carbocycles. The Kier molecular flexibility index (Phi) is 6.70. The molecule has 0 bridgehead atoms. The van der Waals surface area contributed by atoms with Gasteiger partial charge in [0.25, 0.3) is 0 Å². The van der Waals surface area contributed by atoms with Gasteiger partial charge in [-0.3, -0.25) is 9.59 Å². The zero-order valence-corrected chi connectivity index (χ0v) is 17.2. The minimum atomic E-state index is -0.681. The molecule has 1 aliphatic heterocycles. The molecular formula is C23H26F2N2O3. The van der Waals surface area contributed by atoms with Crippen molar-refractivity contribution >= 4 is 11.8 Å². The van der Waals surface area contributed by atoms with Crippen LogP contribution in [0.1, 0.15) is 30.9 Å². The number of piperidine rings is 1. The Hall–Kier alpha value is -2.96. The molecule has 0 radical (unpaired) electrons. The third-order valence-corrected chi connectivity index (χ3v) is 5.74. The topological polar surface area (TPSA) is 58.6 Å². The molecule has 1 saturated heterocycles. The van der Waals surface area contributed by atoms with Crippen molar-refractivity contribution in [3.05, 3.63) is 65.2 Å². The fraction of sp³-hybridized carbons (Fsp3) is 0.391. The molecule has 160 valence electrons. The quantitative estimate of drug-likeness (QED) is 0.785. The molecule has 1 aliphatic rings. The highest BCUT2D eigenvalue weighted by Crippen LogP contribution is 2.31. The maximum Gasteiger partial charge on any atom is 0.226 e. The highest BCUT2D eigenvalue weighted by Gasteiger charge is 2.37. The van der Waals surface area contributed by atoms with Crippen LogP contribution in [0.5, 0.6) is 5.75 Å². The Morgan fingerprint density at radius 3 is 2.37 bits per heavy atom. The average molecular weight is 416 g/mol. The van der Waals surface area contributed by atoms with Crippen LogP contribution < -0.4 is 10.1 Å². The van der Waals surface area contributed by atoms with E-state index in [0.717, 1.165) is 17.4 Å². The van der Waals surface area contributed by atoms with Crippen LogP contribution in [-0.2, 0) is 22.6 Å². The Morgan fingerprint density at radius 1 is 1.10 bits per heavy atom. The zero-order valence-electron chi connectivity index (χ0n) is 17.2. The smallest absolute Gasteiger partial charge is 0.226 e. The highest BCUT2D eigenvalue weighted by molar-refractivity contribution is 5.83. The van der Waals surface area contributed by atoms with Gasteiger partial charge in [-0.15, -0.1) is 0 Å². The van der Waals surface area contributed by atoms with Crippen molar-refractivity contribution in [1.29, 1.82) is 0 Å². The van der Waals surface area contributed by atoms with Crippen molar-refractivity contribution in [2.24, 2.45) is 5.41 Å². The van der Waals surface area contributed by atoms with Crippen LogP contribution in [0, 0.1) is 17.0 Å². The molecule has 1 heterocycles. The molecule has 7 heteroatoms. The molecule has 30 heavy (non-hydrogen) atoms. The van der Waals surface area contributed by atoms with Crippen molar-refractivity contribution in [3.63, 3.8) is 0 Å². The van der Waals surface area contributed by atoms with E-state index in [1.807, 2.05) is 31.2 Å². The molecule has 3 rings (SSSR count). The number of rotatable bonds is 6. The molecule has 2 aromatic carbocycles. The summed E-state index contributed by atoms with van der Waals surface area (Å²) in [5.41, 5.74) is 0.515. The summed E-state index contributed by atoms with van der Waals surface area (Å²) < 4.78 is 31.9. The van der Waals surface area contributed by atoms with Crippen molar-refractivity contribution in [2.45, 2.75) is 32.7 Å². The van der Waals surface area contributed by atoms with Crippen molar-refractivity contribution in [3.8, 4) is 5.75 Å². The van der Waals surface area contributed by atoms with Gasteiger partial charge in [-0.2, -0.15) is 0 Å². The van der Waals surface area contributed by atoms with E-state index >= 15 is 0 Å². The summed E-state index contributed by atoms with van der Waals surface area (Å²) >= 11 is 0. The number of amides is 2. The molecule has 5 nitrogen and oxygen atoms in total. The second-order valence-corrected chi connectivity index (χ2v) is 7.88. The van der Waals surface area contributed by atoms with Crippen LogP contribution >= 0.6 is 0 Å². The normalized spacial score (nSPS) is 15.5. The van der Waals surface area contributed by atoms with Crippen molar-refractivity contribution < 1.29 is 23.1 Å². The summed E-state index contributed by atoms with van der Waals surface area (Å²) in [7, 11) is 1.59. The lowest BCUT2D eigenvalue weighted by Crippen LogP contribution is -2.49. The standard InChI is InChI=1S/C23H26F2N2O3/c1-23(22(29)26-15-17-5-6-18(24)14-20(17)25)9-11-27(12-10-23)21(28)13-16-3-7-19(30-2)8-4-16/h3-8,14H,9-13,15H2,1-2H3,(H,26,29). The lowest BCUT2D eigenvalue weighted by atomic mass is 9.79. The van der Waals surface area contributed by atoms with Gasteiger partial charge in [0.15, 0.2) is 0 Å². The number of carbonyl (C=O) groups is 2. The van der Waals surface area contributed by atoms with E-state index in [1.54, 1.807) is 12.0 Å². The van der Waals surface area contributed by atoms with Gasteiger partial charge in [-0.25, -0.2) is 8.78 Å². The van der Waals surface area contributed by atoms with E-state index < -0.39 is 17.0 Å². The molecule has 2 amide bonds. The Balaban J connectivity index is 1.51. The molecular weight excluding hydrogens is 390 g/mol. The summed E-state index contributed by atoms with van der Waals surface area (Å²) in [5, 5.41) is 2.75. The second-order valence-electron chi connectivity index (χ2n) is 7.88. The maximum atomic E-state index is 13.8. The fourth-order valence-electron chi connectivity index (χ4n) is 3.56. The summed E-state index contributed by atoms with van der Waals surface area (Å²) in [6.07, 6.45) is 1.36. The SMILES string of the molecule is COc1ccc(CC(=O)N2CCC(C)(C(=O)NCc3ccc(F)cc3F)CC2)cc1. The number of nitrogens with zero attached hydrogens (tertiary/aromatic N) is 1. The monoisotopic (exact) mass is 416 g/mol.